The van der Waals surface area contributed by atoms with Crippen LogP contribution in [-0.2, 0) is 14.8 Å². The molecule has 0 heterocycles. The van der Waals surface area contributed by atoms with E-state index in [2.05, 4.69) is 6.58 Å². The van der Waals surface area contributed by atoms with Crippen LogP contribution >= 0.6 is 34.8 Å². The van der Waals surface area contributed by atoms with Crippen LogP contribution in [-0.4, -0.2) is 29.5 Å². The third-order valence-electron chi connectivity index (χ3n) is 2.68. The smallest absolute Gasteiger partial charge is 0.270 e. The van der Waals surface area contributed by atoms with Gasteiger partial charge in [0.2, 0.25) is 0 Å². The molecule has 0 spiro atoms. The molecule has 0 radical (unpaired) electrons. The van der Waals surface area contributed by atoms with Gasteiger partial charge in [0.05, 0.1) is 11.4 Å². The quantitative estimate of drug-likeness (QED) is 0.567. The van der Waals surface area contributed by atoms with Crippen molar-refractivity contribution in [1.82, 2.24) is 4.31 Å². The summed E-state index contributed by atoms with van der Waals surface area (Å²) >= 11 is 17.5. The number of carbonyl (C=O) groups excluding carboxylic acids is 1. The van der Waals surface area contributed by atoms with E-state index in [9.17, 15) is 13.2 Å². The lowest BCUT2D eigenvalue weighted by Crippen LogP contribution is -2.45. The number of sulfonamides is 1. The second-order valence-electron chi connectivity index (χ2n) is 4.14. The fourth-order valence-electron chi connectivity index (χ4n) is 1.47. The standard InChI is InChI=1S/C13H14Cl3NO3S/c1-3-9-17(12(18)13(15,16)4-2)21(19,20)11-7-5-10(14)6-8-11/h3,5-8H,1,4,9H2,2H3. The summed E-state index contributed by atoms with van der Waals surface area (Å²) in [6.07, 6.45) is 1.35. The van der Waals surface area contributed by atoms with Gasteiger partial charge in [-0.25, -0.2) is 12.7 Å². The zero-order valence-corrected chi connectivity index (χ0v) is 14.3. The summed E-state index contributed by atoms with van der Waals surface area (Å²) in [7, 11) is -4.09. The van der Waals surface area contributed by atoms with Crippen molar-refractivity contribution in [3.05, 3.63) is 41.9 Å². The van der Waals surface area contributed by atoms with Gasteiger partial charge in [0.25, 0.3) is 15.9 Å². The Bertz CT molecular complexity index is 627. The molecule has 0 atom stereocenters. The Labute approximate surface area is 139 Å². The Balaban J connectivity index is 3.30. The van der Waals surface area contributed by atoms with Crippen molar-refractivity contribution in [2.24, 2.45) is 0 Å². The van der Waals surface area contributed by atoms with E-state index in [0.717, 1.165) is 0 Å². The van der Waals surface area contributed by atoms with Gasteiger partial charge in [0.1, 0.15) is 0 Å². The van der Waals surface area contributed by atoms with Gasteiger partial charge in [-0.3, -0.25) is 4.79 Å². The minimum atomic E-state index is -4.09. The van der Waals surface area contributed by atoms with Gasteiger partial charge in [-0.15, -0.1) is 6.58 Å². The van der Waals surface area contributed by atoms with Crippen LogP contribution in [0, 0.1) is 0 Å². The summed E-state index contributed by atoms with van der Waals surface area (Å²) in [5.41, 5.74) is 0. The lowest BCUT2D eigenvalue weighted by Gasteiger charge is -2.26. The van der Waals surface area contributed by atoms with Crippen molar-refractivity contribution >= 4 is 50.7 Å². The monoisotopic (exact) mass is 369 g/mol. The van der Waals surface area contributed by atoms with Crippen molar-refractivity contribution in [2.45, 2.75) is 22.6 Å². The Morgan fingerprint density at radius 1 is 1.33 bits per heavy atom. The molecule has 1 aromatic carbocycles. The predicted octanol–water partition coefficient (Wildman–Crippen LogP) is 3.63. The molecule has 0 N–H and O–H groups in total. The lowest BCUT2D eigenvalue weighted by molar-refractivity contribution is -0.126. The van der Waals surface area contributed by atoms with Crippen LogP contribution in [0.25, 0.3) is 0 Å². The zero-order chi connectivity index (χ0) is 16.3. The van der Waals surface area contributed by atoms with Crippen molar-refractivity contribution < 1.29 is 13.2 Å². The zero-order valence-electron chi connectivity index (χ0n) is 11.2. The molecule has 0 saturated carbocycles. The van der Waals surface area contributed by atoms with Crippen LogP contribution in [0.4, 0.5) is 0 Å². The summed E-state index contributed by atoms with van der Waals surface area (Å²) in [5, 5.41) is 0.383. The molecule has 1 aromatic rings. The Kier molecular flexibility index (Phi) is 6.11. The SMILES string of the molecule is C=CCN(C(=O)C(Cl)(Cl)CC)S(=O)(=O)c1ccc(Cl)cc1. The molecule has 0 aliphatic heterocycles. The van der Waals surface area contributed by atoms with Crippen LogP contribution in [0.15, 0.2) is 41.8 Å². The van der Waals surface area contributed by atoms with Crippen molar-refractivity contribution in [1.29, 1.82) is 0 Å². The third-order valence-corrected chi connectivity index (χ3v) is 5.55. The lowest BCUT2D eigenvalue weighted by atomic mass is 10.3. The topological polar surface area (TPSA) is 54.5 Å². The number of hydrogen-bond donors (Lipinski definition) is 0. The molecule has 0 saturated heterocycles. The molecule has 8 heteroatoms. The molecule has 4 nitrogen and oxygen atoms in total. The maximum atomic E-state index is 12.5. The number of alkyl halides is 2. The Morgan fingerprint density at radius 2 is 1.86 bits per heavy atom. The van der Waals surface area contributed by atoms with E-state index >= 15 is 0 Å². The number of halogens is 3. The molecule has 21 heavy (non-hydrogen) atoms. The summed E-state index contributed by atoms with van der Waals surface area (Å²) < 4.78 is 23.9. The van der Waals surface area contributed by atoms with E-state index in [-0.39, 0.29) is 17.9 Å². The molecule has 0 fully saturated rings. The fraction of sp³-hybridized carbons (Fsp3) is 0.308. The fourth-order valence-corrected chi connectivity index (χ4v) is 3.32. The Hall–Kier alpha value is -0.750. The maximum absolute atomic E-state index is 12.5. The van der Waals surface area contributed by atoms with Crippen LogP contribution in [0.3, 0.4) is 0 Å². The molecule has 1 amide bonds. The number of carbonyl (C=O) groups is 1. The maximum Gasteiger partial charge on any atom is 0.273 e. The second-order valence-corrected chi connectivity index (χ2v) is 7.92. The number of amides is 1. The molecule has 0 aliphatic rings. The van der Waals surface area contributed by atoms with Gasteiger partial charge in [0, 0.05) is 5.02 Å². The van der Waals surface area contributed by atoms with Crippen molar-refractivity contribution in [3.63, 3.8) is 0 Å². The van der Waals surface area contributed by atoms with E-state index in [1.54, 1.807) is 6.92 Å². The first-order valence-corrected chi connectivity index (χ1v) is 8.55. The molecule has 116 valence electrons. The first-order valence-electron chi connectivity index (χ1n) is 5.98. The number of rotatable bonds is 6. The predicted molar refractivity (Wildman–Crippen MR) is 85.3 cm³/mol. The summed E-state index contributed by atoms with van der Waals surface area (Å²) in [6.45, 7) is 4.80. The highest BCUT2D eigenvalue weighted by molar-refractivity contribution is 7.89. The minimum Gasteiger partial charge on any atom is -0.270 e. The van der Waals surface area contributed by atoms with E-state index in [4.69, 9.17) is 34.8 Å². The van der Waals surface area contributed by atoms with Gasteiger partial charge >= 0.3 is 0 Å². The van der Waals surface area contributed by atoms with E-state index in [0.29, 0.717) is 9.33 Å². The molecular weight excluding hydrogens is 357 g/mol. The summed E-state index contributed by atoms with van der Waals surface area (Å²) in [6, 6.07) is 5.44. The largest absolute Gasteiger partial charge is 0.273 e. The molecule has 1 rings (SSSR count). The van der Waals surface area contributed by atoms with E-state index in [1.165, 1.54) is 30.3 Å². The second kappa shape index (κ2) is 7.01. The van der Waals surface area contributed by atoms with Gasteiger partial charge < -0.3 is 0 Å². The van der Waals surface area contributed by atoms with Gasteiger partial charge in [-0.05, 0) is 30.7 Å². The minimum absolute atomic E-state index is 0.0682. The number of benzene rings is 1. The summed E-state index contributed by atoms with van der Waals surface area (Å²) in [4.78, 5) is 12.2. The molecule has 0 bridgehead atoms. The number of nitrogens with zero attached hydrogens (tertiary/aromatic N) is 1. The van der Waals surface area contributed by atoms with Crippen molar-refractivity contribution in [3.8, 4) is 0 Å². The first-order chi connectivity index (χ1) is 9.66. The van der Waals surface area contributed by atoms with Crippen LogP contribution < -0.4 is 0 Å². The van der Waals surface area contributed by atoms with E-state index in [1.807, 2.05) is 0 Å². The number of hydrogen-bond acceptors (Lipinski definition) is 3. The van der Waals surface area contributed by atoms with Crippen LogP contribution in [0.2, 0.25) is 5.02 Å². The van der Waals surface area contributed by atoms with Crippen LogP contribution in [0.5, 0.6) is 0 Å². The summed E-state index contributed by atoms with van der Waals surface area (Å²) in [5.74, 6) is -0.914. The van der Waals surface area contributed by atoms with Gasteiger partial charge in [-0.2, -0.15) is 0 Å². The first kappa shape index (κ1) is 18.3. The average Bonchev–Trinajstić information content (AvgIpc) is 2.44. The van der Waals surface area contributed by atoms with E-state index < -0.39 is 20.3 Å². The highest BCUT2D eigenvalue weighted by atomic mass is 35.5. The molecule has 0 aromatic heterocycles. The highest BCUT2D eigenvalue weighted by Gasteiger charge is 2.40. The molecule has 0 aliphatic carbocycles. The van der Waals surface area contributed by atoms with Crippen molar-refractivity contribution in [2.75, 3.05) is 6.54 Å². The Morgan fingerprint density at radius 3 is 2.29 bits per heavy atom. The highest BCUT2D eigenvalue weighted by Crippen LogP contribution is 2.30. The average molecular weight is 371 g/mol. The normalized spacial score (nSPS) is 12.0. The van der Waals surface area contributed by atoms with Gasteiger partial charge in [-0.1, -0.05) is 47.8 Å². The van der Waals surface area contributed by atoms with Crippen LogP contribution in [0.1, 0.15) is 13.3 Å². The molecular formula is C13H14Cl3NO3S. The van der Waals surface area contributed by atoms with Gasteiger partial charge in [0.15, 0.2) is 4.33 Å². The third kappa shape index (κ3) is 4.13. The molecule has 0 unspecified atom stereocenters.